The Morgan fingerprint density at radius 3 is 0.686 bits per heavy atom. The first kappa shape index (κ1) is 49.5. The molecular weight excluding hydrogens is 762 g/mol. The van der Waals surface area contributed by atoms with Crippen LogP contribution in [0.25, 0.3) is 0 Å². The van der Waals surface area contributed by atoms with Crippen LogP contribution in [0, 0.1) is 0 Å². The van der Waals surface area contributed by atoms with Gasteiger partial charge in [0.05, 0.1) is 34.6 Å². The van der Waals surface area contributed by atoms with Crippen molar-refractivity contribution in [3.63, 3.8) is 0 Å². The maximum atomic E-state index is 11.1. The monoisotopic (exact) mass is 789 g/mol. The second-order valence-corrected chi connectivity index (χ2v) is 11.0. The highest BCUT2D eigenvalue weighted by Gasteiger charge is 2.21. The minimum absolute atomic E-state index is 0. The molecule has 0 aromatic heterocycles. The number of quaternary nitrogens is 3. The van der Waals surface area contributed by atoms with Crippen LogP contribution in [0.4, 0.5) is 0 Å². The van der Waals surface area contributed by atoms with Gasteiger partial charge in [-0.2, -0.15) is 25.3 Å². The van der Waals surface area contributed by atoms with E-state index in [4.69, 9.17) is 13.7 Å². The maximum Gasteiger partial charge on any atom is 0.449 e. The predicted octanol–water partition coefficient (Wildman–Crippen LogP) is -1.84. The topological polar surface area (TPSA) is 472 Å². The number of carbonyl (C=O) groups excluding carboxylic acids is 6. The van der Waals surface area contributed by atoms with Gasteiger partial charge >= 0.3 is 49.1 Å². The van der Waals surface area contributed by atoms with Gasteiger partial charge in [0.25, 0.3) is 0 Å². The number of hydrogen-bond donors (Lipinski definition) is 6. The quantitative estimate of drug-likeness (QED) is 0.130. The number of carboxylic acids is 3. The van der Waals surface area contributed by atoms with Crippen molar-refractivity contribution in [2.75, 3.05) is 0 Å². The molecule has 0 fully saturated rings. The third-order valence-corrected chi connectivity index (χ3v) is 5.73. The molecular formula is C24H27N3O21S3. The summed E-state index contributed by atoms with van der Waals surface area (Å²) in [7, 11) is -14.9. The van der Waals surface area contributed by atoms with Crippen LogP contribution in [0.1, 0.15) is 62.1 Å². The average Bonchev–Trinajstić information content (AvgIpc) is 2.95. The zero-order valence-corrected chi connectivity index (χ0v) is 28.3. The third kappa shape index (κ3) is 17.9. The van der Waals surface area contributed by atoms with E-state index in [0.29, 0.717) is 0 Å². The normalized spacial score (nSPS) is 10.2. The van der Waals surface area contributed by atoms with Gasteiger partial charge in [-0.25, -0.2) is 14.4 Å². The highest BCUT2D eigenvalue weighted by atomic mass is 32.3. The number of aromatic carboxylic acids is 3. The van der Waals surface area contributed by atoms with Gasteiger partial charge in [-0.05, 0) is 18.2 Å². The van der Waals surface area contributed by atoms with Crippen LogP contribution in [0.3, 0.4) is 0 Å². The molecule has 0 amide bonds. The fourth-order valence-electron chi connectivity index (χ4n) is 2.94. The molecule has 0 saturated heterocycles. The largest absolute Gasteiger partial charge is 0.545 e. The summed E-state index contributed by atoms with van der Waals surface area (Å²) in [5, 5.41) is 31.7. The van der Waals surface area contributed by atoms with Crippen LogP contribution in [0.5, 0.6) is 0 Å². The molecule has 3 aromatic rings. The lowest BCUT2D eigenvalue weighted by Gasteiger charge is -2.07. The molecule has 0 spiro atoms. The number of rotatable bonds is 9. The van der Waals surface area contributed by atoms with Crippen molar-refractivity contribution < 1.29 is 95.5 Å². The Balaban J connectivity index is -0.000000658. The number of hydrogen-bond acceptors (Lipinski definition) is 18. The highest BCUT2D eigenvalue weighted by molar-refractivity contribution is 7.81. The predicted molar refractivity (Wildman–Crippen MR) is 161 cm³/mol. The van der Waals surface area contributed by atoms with Gasteiger partial charge in [-0.1, -0.05) is 54.6 Å². The second kappa shape index (κ2) is 20.6. The summed E-state index contributed by atoms with van der Waals surface area (Å²) in [5.74, 6) is -9.49. The first-order valence-corrected chi connectivity index (χ1v) is 15.6. The van der Waals surface area contributed by atoms with Crippen molar-refractivity contribution in [2.45, 2.75) is 0 Å². The second-order valence-electron chi connectivity index (χ2n) is 7.89. The van der Waals surface area contributed by atoms with Crippen LogP contribution < -0.4 is 33.8 Å². The van der Waals surface area contributed by atoms with E-state index in [0.717, 1.165) is 36.4 Å². The fraction of sp³-hybridized carbons (Fsp3) is 0. The van der Waals surface area contributed by atoms with E-state index in [9.17, 15) is 69.3 Å². The minimum atomic E-state index is -4.98. The van der Waals surface area contributed by atoms with Crippen molar-refractivity contribution in [1.82, 2.24) is 18.5 Å². The molecule has 3 aromatic carbocycles. The molecule has 282 valence electrons. The minimum Gasteiger partial charge on any atom is -0.545 e. The Hall–Kier alpha value is -5.91. The van der Waals surface area contributed by atoms with E-state index < -0.39 is 100 Å². The van der Waals surface area contributed by atoms with E-state index in [1.165, 1.54) is 36.4 Å². The van der Waals surface area contributed by atoms with Gasteiger partial charge in [-0.15, -0.1) is 0 Å². The number of carbonyl (C=O) groups is 6. The van der Waals surface area contributed by atoms with E-state index in [1.807, 2.05) is 0 Å². The summed E-state index contributed by atoms with van der Waals surface area (Å²) in [6.07, 6.45) is 0. The molecule has 0 atom stereocenters. The molecule has 0 aliphatic rings. The van der Waals surface area contributed by atoms with Gasteiger partial charge < -0.3 is 60.7 Å². The molecule has 3 rings (SSSR count). The summed E-state index contributed by atoms with van der Waals surface area (Å²) in [4.78, 5) is 65.1. The standard InChI is InChI=1S/3C8H6O7S.3H3N/c3*9-7(10)5-3-1-2-4-6(5)8(11)15-16(12,13)14;;;/h3*1-4H,(H,9,10)(H,12,13,14);3*1H3. The van der Waals surface area contributed by atoms with Crippen molar-refractivity contribution in [3.8, 4) is 0 Å². The summed E-state index contributed by atoms with van der Waals surface area (Å²) in [6, 6.07) is 14.0. The van der Waals surface area contributed by atoms with Crippen molar-refractivity contribution in [1.29, 1.82) is 0 Å². The summed E-state index contributed by atoms with van der Waals surface area (Å²) < 4.78 is 97.0. The third-order valence-electron chi connectivity index (χ3n) is 4.64. The zero-order valence-electron chi connectivity index (χ0n) is 25.8. The van der Waals surface area contributed by atoms with Gasteiger partial charge in [0, 0.05) is 16.7 Å². The molecule has 0 unspecified atom stereocenters. The van der Waals surface area contributed by atoms with E-state index in [-0.39, 0.29) is 18.5 Å². The Kier molecular flexibility index (Phi) is 20.0. The SMILES string of the molecule is O=C([O-])c1ccccc1C(=O)OS(=O)(=O)O.O=C([O-])c1ccccc1C(=O)OS(=O)(=O)O.O=C([O-])c1ccccc1C(=O)OS(=O)(=O)O.[NH4+].[NH4+].[NH4+]. The molecule has 27 heteroatoms. The lowest BCUT2D eigenvalue weighted by Crippen LogP contribution is -2.25. The maximum absolute atomic E-state index is 11.1. The molecule has 0 radical (unpaired) electrons. The number of benzene rings is 3. The molecule has 0 bridgehead atoms. The van der Waals surface area contributed by atoms with E-state index in [1.54, 1.807) is 0 Å². The summed E-state index contributed by atoms with van der Waals surface area (Å²) in [6.45, 7) is 0. The van der Waals surface area contributed by atoms with Crippen molar-refractivity contribution in [2.24, 2.45) is 0 Å². The van der Waals surface area contributed by atoms with E-state index >= 15 is 0 Å². The molecule has 0 aliphatic heterocycles. The Morgan fingerprint density at radius 2 is 0.549 bits per heavy atom. The Labute approximate surface area is 286 Å². The lowest BCUT2D eigenvalue weighted by molar-refractivity contribution is -0.256. The van der Waals surface area contributed by atoms with Crippen LogP contribution >= 0.6 is 0 Å². The molecule has 51 heavy (non-hydrogen) atoms. The van der Waals surface area contributed by atoms with Crippen molar-refractivity contribution >= 4 is 67.0 Å². The van der Waals surface area contributed by atoms with Gasteiger partial charge in [0.2, 0.25) is 0 Å². The Morgan fingerprint density at radius 1 is 0.392 bits per heavy atom. The summed E-state index contributed by atoms with van der Waals surface area (Å²) in [5.41, 5.74) is -3.18. The van der Waals surface area contributed by atoms with Crippen molar-refractivity contribution in [3.05, 3.63) is 106 Å². The van der Waals surface area contributed by atoms with Crippen LogP contribution in [0.15, 0.2) is 72.8 Å². The zero-order chi connectivity index (χ0) is 37.0. The van der Waals surface area contributed by atoms with Crippen LogP contribution in [-0.4, -0.2) is 74.7 Å². The molecule has 15 N–H and O–H groups in total. The van der Waals surface area contributed by atoms with Crippen LogP contribution in [-0.2, 0) is 43.7 Å². The summed E-state index contributed by atoms with van der Waals surface area (Å²) >= 11 is 0. The fourth-order valence-corrected chi connectivity index (χ4v) is 3.78. The first-order chi connectivity index (χ1) is 21.9. The van der Waals surface area contributed by atoms with Crippen LogP contribution in [0.2, 0.25) is 0 Å². The highest BCUT2D eigenvalue weighted by Crippen LogP contribution is 2.12. The molecule has 0 heterocycles. The smallest absolute Gasteiger partial charge is 0.449 e. The lowest BCUT2D eigenvalue weighted by atomic mass is 10.1. The first-order valence-electron chi connectivity index (χ1n) is 11.5. The molecule has 0 saturated carbocycles. The molecule has 0 aliphatic carbocycles. The van der Waals surface area contributed by atoms with E-state index in [2.05, 4.69) is 12.5 Å². The Bertz CT molecular complexity index is 1850. The van der Waals surface area contributed by atoms with Gasteiger partial charge in [0.1, 0.15) is 0 Å². The number of carboxylic acid groups (broad SMARTS) is 3. The van der Waals surface area contributed by atoms with Gasteiger partial charge in [-0.3, -0.25) is 13.7 Å². The average molecular weight is 790 g/mol. The molecule has 24 nitrogen and oxygen atoms in total. The van der Waals surface area contributed by atoms with Gasteiger partial charge in [0.15, 0.2) is 0 Å².